The predicted octanol–water partition coefficient (Wildman–Crippen LogP) is 2.64. The van der Waals surface area contributed by atoms with Gasteiger partial charge in [0.15, 0.2) is 5.60 Å². The molecule has 7 rings (SSSR count). The minimum absolute atomic E-state index is 0.000409. The maximum atomic E-state index is 13.6. The van der Waals surface area contributed by atoms with Gasteiger partial charge < -0.3 is 33.9 Å². The average Bonchev–Trinajstić information content (AvgIpc) is 3.31. The fourth-order valence-corrected chi connectivity index (χ4v) is 6.22. The van der Waals surface area contributed by atoms with E-state index in [9.17, 15) is 14.7 Å². The van der Waals surface area contributed by atoms with Crippen molar-refractivity contribution in [2.45, 2.75) is 63.9 Å². The number of benzene rings is 1. The number of nitrogens with one attached hydrogen (secondary N) is 1. The van der Waals surface area contributed by atoms with E-state index in [1.165, 1.54) is 0 Å². The number of esters is 1. The van der Waals surface area contributed by atoms with Gasteiger partial charge in [0.25, 0.3) is 5.56 Å². The number of fused-ring (bicyclic) bond motifs is 5. The van der Waals surface area contributed by atoms with E-state index >= 15 is 0 Å². The molecule has 0 spiro atoms. The van der Waals surface area contributed by atoms with Crippen molar-refractivity contribution in [2.24, 2.45) is 0 Å². The topological polar surface area (TPSA) is 121 Å². The van der Waals surface area contributed by atoms with Gasteiger partial charge >= 0.3 is 5.97 Å². The number of carbonyl (C=O) groups is 1. The first kappa shape index (κ1) is 23.6. The molecule has 1 fully saturated rings. The number of rotatable bonds is 4. The lowest BCUT2D eigenvalue weighted by Gasteiger charge is -2.31. The van der Waals surface area contributed by atoms with Crippen LogP contribution in [0.15, 0.2) is 23.0 Å². The smallest absolute Gasteiger partial charge is 0.343 e. The van der Waals surface area contributed by atoms with Crippen molar-refractivity contribution in [3.05, 3.63) is 50.8 Å². The predicted molar refractivity (Wildman–Crippen MR) is 136 cm³/mol. The minimum Gasteiger partial charge on any atom is -0.458 e. The lowest BCUT2D eigenvalue weighted by atomic mass is 9.86. The van der Waals surface area contributed by atoms with Crippen LogP contribution in [-0.4, -0.2) is 46.7 Å². The molecule has 198 valence electrons. The van der Waals surface area contributed by atoms with Crippen molar-refractivity contribution < 1.29 is 28.8 Å². The zero-order valence-corrected chi connectivity index (χ0v) is 21.3. The Bertz CT molecular complexity index is 1560. The van der Waals surface area contributed by atoms with Gasteiger partial charge in [0.1, 0.15) is 18.1 Å². The summed E-state index contributed by atoms with van der Waals surface area (Å²) < 4.78 is 24.2. The fraction of sp³-hybridized carbons (Fsp3) is 0.464. The molecule has 0 amide bonds. The molecular weight excluding hydrogens is 490 g/mol. The van der Waals surface area contributed by atoms with Gasteiger partial charge in [0.2, 0.25) is 6.79 Å². The summed E-state index contributed by atoms with van der Waals surface area (Å²) in [4.78, 5) is 31.2. The molecular formula is C28H29N3O7. The molecule has 1 unspecified atom stereocenters. The lowest BCUT2D eigenvalue weighted by Crippen LogP contribution is -2.44. The first-order chi connectivity index (χ1) is 18.4. The van der Waals surface area contributed by atoms with Crippen LogP contribution in [0.4, 0.5) is 0 Å². The highest BCUT2D eigenvalue weighted by molar-refractivity contribution is 5.98. The molecule has 4 aliphatic heterocycles. The molecule has 0 saturated carbocycles. The van der Waals surface area contributed by atoms with Crippen LogP contribution >= 0.6 is 0 Å². The highest BCUT2D eigenvalue weighted by atomic mass is 16.7. The molecule has 10 nitrogen and oxygen atoms in total. The zero-order chi connectivity index (χ0) is 26.2. The van der Waals surface area contributed by atoms with Gasteiger partial charge in [-0.2, -0.15) is 0 Å². The van der Waals surface area contributed by atoms with Crippen LogP contribution in [0.5, 0.6) is 11.5 Å². The normalized spacial score (nSPS) is 22.7. The summed E-state index contributed by atoms with van der Waals surface area (Å²) in [5.41, 5.74) is 2.12. The van der Waals surface area contributed by atoms with Gasteiger partial charge in [-0.05, 0) is 43.9 Å². The number of hydrogen-bond acceptors (Lipinski definition) is 9. The van der Waals surface area contributed by atoms with Gasteiger partial charge in [0.05, 0.1) is 34.4 Å². The highest BCUT2D eigenvalue weighted by Crippen LogP contribution is 2.47. The van der Waals surface area contributed by atoms with Crippen molar-refractivity contribution in [2.75, 3.05) is 20.0 Å². The standard InChI is InChI=1S/C28H29N3O7/c1-3-28(34)19-10-20-23-17(11-31(20)26(32)18(19)12-36-27(28)33)25-22-21(37-13-38-25)5-4-16(24(22)30-23)14(2)29-15-6-8-35-9-7-15/h4-5,10,14-15,29,34H,3,6-9,11-13H2,1-2H3/t14?,28-/m0/s1. The van der Waals surface area contributed by atoms with E-state index in [-0.39, 0.29) is 38.0 Å². The number of cyclic esters (lactones) is 1. The van der Waals surface area contributed by atoms with E-state index in [4.69, 9.17) is 23.9 Å². The number of ether oxygens (including phenoxy) is 4. The molecule has 0 bridgehead atoms. The summed E-state index contributed by atoms with van der Waals surface area (Å²) in [7, 11) is 0. The highest BCUT2D eigenvalue weighted by Gasteiger charge is 2.45. The van der Waals surface area contributed by atoms with Gasteiger partial charge in [-0.25, -0.2) is 9.78 Å². The molecule has 2 N–H and O–H groups in total. The van der Waals surface area contributed by atoms with E-state index in [0.29, 0.717) is 40.1 Å². The van der Waals surface area contributed by atoms with E-state index < -0.39 is 11.6 Å². The minimum atomic E-state index is -1.87. The maximum Gasteiger partial charge on any atom is 0.343 e. The molecule has 3 aromatic rings. The van der Waals surface area contributed by atoms with Crippen LogP contribution in [-0.2, 0) is 33.0 Å². The van der Waals surface area contributed by atoms with Gasteiger partial charge in [-0.1, -0.05) is 13.0 Å². The molecule has 1 aromatic carbocycles. The first-order valence-corrected chi connectivity index (χ1v) is 13.2. The van der Waals surface area contributed by atoms with Crippen molar-refractivity contribution in [3.63, 3.8) is 0 Å². The van der Waals surface area contributed by atoms with Gasteiger partial charge in [0, 0.05) is 36.4 Å². The number of aromatic nitrogens is 2. The van der Waals surface area contributed by atoms with Gasteiger partial charge in [-0.3, -0.25) is 4.79 Å². The Morgan fingerprint density at radius 3 is 2.79 bits per heavy atom. The second-order valence-electron chi connectivity index (χ2n) is 10.4. The van der Waals surface area contributed by atoms with Crippen LogP contribution < -0.4 is 20.3 Å². The van der Waals surface area contributed by atoms with Crippen LogP contribution in [0, 0.1) is 0 Å². The van der Waals surface area contributed by atoms with E-state index in [1.54, 1.807) is 17.6 Å². The molecule has 6 heterocycles. The number of carbonyl (C=O) groups excluding carboxylic acids is 1. The summed E-state index contributed by atoms with van der Waals surface area (Å²) in [6.45, 7) is 5.47. The summed E-state index contributed by atoms with van der Waals surface area (Å²) >= 11 is 0. The Kier molecular flexibility index (Phi) is 5.30. The number of aliphatic hydroxyl groups is 1. The molecule has 2 atom stereocenters. The maximum absolute atomic E-state index is 13.6. The summed E-state index contributed by atoms with van der Waals surface area (Å²) in [5.74, 6) is 0.614. The number of pyridine rings is 2. The van der Waals surface area contributed by atoms with Crippen molar-refractivity contribution in [1.82, 2.24) is 14.9 Å². The molecule has 38 heavy (non-hydrogen) atoms. The zero-order valence-electron chi connectivity index (χ0n) is 21.3. The Labute approximate surface area is 218 Å². The fourth-order valence-electron chi connectivity index (χ4n) is 6.22. The summed E-state index contributed by atoms with van der Waals surface area (Å²) in [5, 5.41) is 15.7. The molecule has 1 saturated heterocycles. The monoisotopic (exact) mass is 519 g/mol. The Balaban J connectivity index is 1.42. The average molecular weight is 520 g/mol. The quantitative estimate of drug-likeness (QED) is 0.392. The molecule has 2 aromatic heterocycles. The lowest BCUT2D eigenvalue weighted by molar-refractivity contribution is -0.172. The Morgan fingerprint density at radius 2 is 2.00 bits per heavy atom. The molecule has 0 aliphatic carbocycles. The third kappa shape index (κ3) is 3.26. The third-order valence-electron chi connectivity index (χ3n) is 8.37. The van der Waals surface area contributed by atoms with Crippen molar-refractivity contribution >= 4 is 16.9 Å². The van der Waals surface area contributed by atoms with Gasteiger partial charge in [-0.15, -0.1) is 0 Å². The van der Waals surface area contributed by atoms with Crippen LogP contribution in [0.2, 0.25) is 0 Å². The first-order valence-electron chi connectivity index (χ1n) is 13.2. The Hall–Kier alpha value is -3.47. The summed E-state index contributed by atoms with van der Waals surface area (Å²) in [6.07, 6.45) is 1.99. The number of hydrogen-bond donors (Lipinski definition) is 2. The molecule has 10 heteroatoms. The second kappa shape index (κ2) is 8.52. The van der Waals surface area contributed by atoms with Crippen LogP contribution in [0.1, 0.15) is 61.4 Å². The van der Waals surface area contributed by atoms with Crippen LogP contribution in [0.25, 0.3) is 22.3 Å². The summed E-state index contributed by atoms with van der Waals surface area (Å²) in [6, 6.07) is 6.06. The van der Waals surface area contributed by atoms with Crippen molar-refractivity contribution in [1.29, 1.82) is 0 Å². The van der Waals surface area contributed by atoms with E-state index in [0.717, 1.165) is 48.1 Å². The second-order valence-corrected chi connectivity index (χ2v) is 10.4. The van der Waals surface area contributed by atoms with Crippen molar-refractivity contribution in [3.8, 4) is 22.9 Å². The van der Waals surface area contributed by atoms with Crippen LogP contribution in [0.3, 0.4) is 0 Å². The number of nitrogens with zero attached hydrogens (tertiary/aromatic N) is 2. The third-order valence-corrected chi connectivity index (χ3v) is 8.37. The largest absolute Gasteiger partial charge is 0.458 e. The van der Waals surface area contributed by atoms with E-state index in [1.807, 2.05) is 12.1 Å². The Morgan fingerprint density at radius 1 is 1.18 bits per heavy atom. The molecule has 0 radical (unpaired) electrons. The SMILES string of the molecule is CC[C@@]1(O)C(=O)OCc2c1cc1n(c2=O)Cc2c-1nc1c(C(C)NC3CCOCC3)ccc3c1c2OCO3. The van der Waals surface area contributed by atoms with E-state index in [2.05, 4.69) is 12.2 Å². The molecule has 4 aliphatic rings.